The van der Waals surface area contributed by atoms with Crippen molar-refractivity contribution in [3.8, 4) is 0 Å². The van der Waals surface area contributed by atoms with Gasteiger partial charge in [0.2, 0.25) is 0 Å². The van der Waals surface area contributed by atoms with Crippen molar-refractivity contribution < 1.29 is 9.84 Å². The first kappa shape index (κ1) is 16.9. The SMILES string of the molecule is CCCCCCNCC(O)COC1CCCC(C)C1. The van der Waals surface area contributed by atoms with Crippen molar-refractivity contribution in [3.05, 3.63) is 0 Å². The summed E-state index contributed by atoms with van der Waals surface area (Å²) in [5.74, 6) is 0.785. The van der Waals surface area contributed by atoms with Crippen molar-refractivity contribution >= 4 is 0 Å². The monoisotopic (exact) mass is 271 g/mol. The van der Waals surface area contributed by atoms with Crippen molar-refractivity contribution in [2.75, 3.05) is 19.7 Å². The van der Waals surface area contributed by atoms with E-state index in [0.717, 1.165) is 18.9 Å². The average molecular weight is 271 g/mol. The van der Waals surface area contributed by atoms with Crippen LogP contribution in [-0.4, -0.2) is 37.0 Å². The molecule has 0 amide bonds. The molecule has 0 aliphatic heterocycles. The first-order valence-electron chi connectivity index (χ1n) is 8.22. The molecule has 114 valence electrons. The molecule has 1 fully saturated rings. The number of rotatable bonds is 10. The summed E-state index contributed by atoms with van der Waals surface area (Å²) in [6.07, 6.45) is 10.0. The summed E-state index contributed by atoms with van der Waals surface area (Å²) >= 11 is 0. The minimum atomic E-state index is -0.358. The molecule has 1 aliphatic rings. The lowest BCUT2D eigenvalue weighted by molar-refractivity contribution is -0.0305. The predicted octanol–water partition coefficient (Wildman–Crippen LogP) is 3.11. The van der Waals surface area contributed by atoms with Crippen LogP contribution in [0.25, 0.3) is 0 Å². The molecule has 3 unspecified atom stereocenters. The molecule has 3 heteroatoms. The number of unbranched alkanes of at least 4 members (excludes halogenated alkanes) is 3. The molecule has 1 aliphatic carbocycles. The second-order valence-corrected chi connectivity index (χ2v) is 6.15. The number of hydrogen-bond donors (Lipinski definition) is 2. The van der Waals surface area contributed by atoms with Gasteiger partial charge in [0.1, 0.15) is 0 Å². The standard InChI is InChI=1S/C16H33NO2/c1-3-4-5-6-10-17-12-15(18)13-19-16-9-7-8-14(2)11-16/h14-18H,3-13H2,1-2H3. The van der Waals surface area contributed by atoms with E-state index in [1.165, 1.54) is 44.9 Å². The van der Waals surface area contributed by atoms with Crippen LogP contribution in [0.3, 0.4) is 0 Å². The molecule has 1 saturated carbocycles. The molecule has 0 heterocycles. The number of ether oxygens (including phenoxy) is 1. The van der Waals surface area contributed by atoms with Gasteiger partial charge < -0.3 is 15.2 Å². The third-order valence-corrected chi connectivity index (χ3v) is 4.00. The van der Waals surface area contributed by atoms with E-state index >= 15 is 0 Å². The lowest BCUT2D eigenvalue weighted by Crippen LogP contribution is -2.33. The number of hydrogen-bond acceptors (Lipinski definition) is 3. The normalized spacial score (nSPS) is 25.4. The molecule has 0 aromatic rings. The van der Waals surface area contributed by atoms with Crippen LogP contribution in [0.5, 0.6) is 0 Å². The van der Waals surface area contributed by atoms with Crippen molar-refractivity contribution in [3.63, 3.8) is 0 Å². The Morgan fingerprint density at radius 2 is 2.11 bits per heavy atom. The van der Waals surface area contributed by atoms with E-state index in [9.17, 15) is 5.11 Å². The van der Waals surface area contributed by atoms with Gasteiger partial charge in [0, 0.05) is 6.54 Å². The third-order valence-electron chi connectivity index (χ3n) is 4.00. The molecule has 3 nitrogen and oxygen atoms in total. The summed E-state index contributed by atoms with van der Waals surface area (Å²) in [6.45, 7) is 6.68. The highest BCUT2D eigenvalue weighted by Gasteiger charge is 2.20. The number of nitrogens with one attached hydrogen (secondary N) is 1. The van der Waals surface area contributed by atoms with E-state index in [0.29, 0.717) is 19.3 Å². The second-order valence-electron chi connectivity index (χ2n) is 6.15. The van der Waals surface area contributed by atoms with Gasteiger partial charge in [-0.05, 0) is 31.7 Å². The van der Waals surface area contributed by atoms with Crippen LogP contribution in [0.2, 0.25) is 0 Å². The molecule has 0 saturated heterocycles. The second kappa shape index (κ2) is 10.6. The quantitative estimate of drug-likeness (QED) is 0.600. The maximum atomic E-state index is 9.86. The minimum absolute atomic E-state index is 0.358. The van der Waals surface area contributed by atoms with Gasteiger partial charge in [-0.15, -0.1) is 0 Å². The molecule has 0 radical (unpaired) electrons. The van der Waals surface area contributed by atoms with E-state index in [2.05, 4.69) is 19.2 Å². The Morgan fingerprint density at radius 3 is 2.84 bits per heavy atom. The Kier molecular flexibility index (Phi) is 9.48. The molecule has 19 heavy (non-hydrogen) atoms. The molecular formula is C16H33NO2. The highest BCUT2D eigenvalue weighted by atomic mass is 16.5. The lowest BCUT2D eigenvalue weighted by Gasteiger charge is -2.27. The van der Waals surface area contributed by atoms with Gasteiger partial charge in [0.15, 0.2) is 0 Å². The summed E-state index contributed by atoms with van der Waals surface area (Å²) < 4.78 is 5.82. The fourth-order valence-corrected chi connectivity index (χ4v) is 2.78. The molecule has 2 N–H and O–H groups in total. The van der Waals surface area contributed by atoms with E-state index < -0.39 is 0 Å². The molecule has 1 rings (SSSR count). The van der Waals surface area contributed by atoms with Crippen molar-refractivity contribution in [2.45, 2.75) is 77.4 Å². The van der Waals surface area contributed by atoms with Gasteiger partial charge in [-0.2, -0.15) is 0 Å². The molecular weight excluding hydrogens is 238 g/mol. The fourth-order valence-electron chi connectivity index (χ4n) is 2.78. The number of aliphatic hydroxyl groups is 1. The van der Waals surface area contributed by atoms with Crippen LogP contribution < -0.4 is 5.32 Å². The molecule has 0 bridgehead atoms. The van der Waals surface area contributed by atoms with Crippen molar-refractivity contribution in [1.29, 1.82) is 0 Å². The van der Waals surface area contributed by atoms with E-state index in [-0.39, 0.29) is 6.10 Å². The van der Waals surface area contributed by atoms with E-state index in [1.807, 2.05) is 0 Å². The molecule has 3 atom stereocenters. The van der Waals surface area contributed by atoms with Gasteiger partial charge in [-0.3, -0.25) is 0 Å². The van der Waals surface area contributed by atoms with E-state index in [4.69, 9.17) is 4.74 Å². The first-order valence-corrected chi connectivity index (χ1v) is 8.22. The zero-order valence-corrected chi connectivity index (χ0v) is 12.9. The minimum Gasteiger partial charge on any atom is -0.389 e. The van der Waals surface area contributed by atoms with Crippen LogP contribution in [0.15, 0.2) is 0 Å². The number of aliphatic hydroxyl groups excluding tert-OH is 1. The van der Waals surface area contributed by atoms with Gasteiger partial charge in [-0.25, -0.2) is 0 Å². The van der Waals surface area contributed by atoms with Crippen LogP contribution in [0.4, 0.5) is 0 Å². The first-order chi connectivity index (χ1) is 9.22. The summed E-state index contributed by atoms with van der Waals surface area (Å²) in [4.78, 5) is 0. The van der Waals surface area contributed by atoms with E-state index in [1.54, 1.807) is 0 Å². The van der Waals surface area contributed by atoms with Crippen LogP contribution >= 0.6 is 0 Å². The largest absolute Gasteiger partial charge is 0.389 e. The third kappa shape index (κ3) is 8.61. The zero-order valence-electron chi connectivity index (χ0n) is 12.9. The summed E-state index contributed by atoms with van der Waals surface area (Å²) in [6, 6.07) is 0. The maximum absolute atomic E-state index is 9.86. The van der Waals surface area contributed by atoms with Gasteiger partial charge >= 0.3 is 0 Å². The maximum Gasteiger partial charge on any atom is 0.0897 e. The summed E-state index contributed by atoms with van der Waals surface area (Å²) in [5, 5.41) is 13.2. The summed E-state index contributed by atoms with van der Waals surface area (Å²) in [5.41, 5.74) is 0. The van der Waals surface area contributed by atoms with Crippen LogP contribution in [-0.2, 0) is 4.74 Å². The highest BCUT2D eigenvalue weighted by Crippen LogP contribution is 2.25. The van der Waals surface area contributed by atoms with Gasteiger partial charge in [-0.1, -0.05) is 46.0 Å². The van der Waals surface area contributed by atoms with Crippen molar-refractivity contribution in [1.82, 2.24) is 5.32 Å². The lowest BCUT2D eigenvalue weighted by atomic mass is 9.89. The van der Waals surface area contributed by atoms with Gasteiger partial charge in [0.25, 0.3) is 0 Å². The smallest absolute Gasteiger partial charge is 0.0897 e. The van der Waals surface area contributed by atoms with Gasteiger partial charge in [0.05, 0.1) is 18.8 Å². The Balaban J connectivity index is 1.94. The highest BCUT2D eigenvalue weighted by molar-refractivity contribution is 4.71. The summed E-state index contributed by atoms with van der Waals surface area (Å²) in [7, 11) is 0. The van der Waals surface area contributed by atoms with Crippen molar-refractivity contribution in [2.24, 2.45) is 5.92 Å². The molecule has 0 spiro atoms. The average Bonchev–Trinajstić information content (AvgIpc) is 2.40. The Morgan fingerprint density at radius 1 is 1.26 bits per heavy atom. The fraction of sp³-hybridized carbons (Fsp3) is 1.00. The predicted molar refractivity (Wildman–Crippen MR) is 80.4 cm³/mol. The topological polar surface area (TPSA) is 41.5 Å². The van der Waals surface area contributed by atoms with Crippen LogP contribution in [0, 0.1) is 5.92 Å². The Hall–Kier alpha value is -0.120. The zero-order chi connectivity index (χ0) is 13.9. The molecule has 0 aromatic carbocycles. The molecule has 0 aromatic heterocycles. The Bertz CT molecular complexity index is 211. The Labute approximate surface area is 119 Å². The van der Waals surface area contributed by atoms with Crippen LogP contribution in [0.1, 0.15) is 65.2 Å².